The van der Waals surface area contributed by atoms with Gasteiger partial charge >= 0.3 is 0 Å². The first-order valence-corrected chi connectivity index (χ1v) is 10.5. The van der Waals surface area contributed by atoms with Gasteiger partial charge in [-0.25, -0.2) is 4.68 Å². The summed E-state index contributed by atoms with van der Waals surface area (Å²) in [5, 5.41) is 13.9. The molecule has 1 N–H and O–H groups in total. The maximum Gasteiger partial charge on any atom is 0.0648 e. The predicted octanol–water partition coefficient (Wildman–Crippen LogP) is 2.98. The molecule has 1 fully saturated rings. The third-order valence-corrected chi connectivity index (χ3v) is 5.77. The van der Waals surface area contributed by atoms with Crippen LogP contribution in [0.5, 0.6) is 0 Å². The first kappa shape index (κ1) is 19.8. The van der Waals surface area contributed by atoms with Gasteiger partial charge in [0, 0.05) is 57.8 Å². The molecule has 1 atom stereocenters. The van der Waals surface area contributed by atoms with Crippen molar-refractivity contribution in [2.75, 3.05) is 32.8 Å². The van der Waals surface area contributed by atoms with E-state index in [-0.39, 0.29) is 6.61 Å². The summed E-state index contributed by atoms with van der Waals surface area (Å²) in [6.07, 6.45) is 5.68. The van der Waals surface area contributed by atoms with Crippen molar-refractivity contribution in [2.45, 2.75) is 25.4 Å². The Labute approximate surface area is 173 Å². The number of benzene rings is 2. The second-order valence-corrected chi connectivity index (χ2v) is 7.79. The van der Waals surface area contributed by atoms with Gasteiger partial charge in [0.25, 0.3) is 0 Å². The lowest BCUT2D eigenvalue weighted by molar-refractivity contribution is 0.0562. The van der Waals surface area contributed by atoms with Crippen LogP contribution in [0.1, 0.15) is 17.5 Å². The maximum atomic E-state index is 9.58. The first-order valence-electron chi connectivity index (χ1n) is 10.5. The van der Waals surface area contributed by atoms with Crippen LogP contribution < -0.4 is 0 Å². The number of hydrogen-bond acceptors (Lipinski definition) is 4. The van der Waals surface area contributed by atoms with Gasteiger partial charge in [0.1, 0.15) is 0 Å². The van der Waals surface area contributed by atoms with E-state index in [9.17, 15) is 5.11 Å². The van der Waals surface area contributed by atoms with Crippen LogP contribution in [-0.2, 0) is 13.0 Å². The van der Waals surface area contributed by atoms with Gasteiger partial charge in [-0.3, -0.25) is 9.80 Å². The molecule has 152 valence electrons. The van der Waals surface area contributed by atoms with Crippen molar-refractivity contribution in [3.63, 3.8) is 0 Å². The summed E-state index contributed by atoms with van der Waals surface area (Å²) in [4.78, 5) is 5.07. The number of rotatable bonds is 8. The average Bonchev–Trinajstić information content (AvgIpc) is 3.29. The van der Waals surface area contributed by atoms with Crippen LogP contribution in [0.2, 0.25) is 0 Å². The van der Waals surface area contributed by atoms with E-state index in [1.54, 1.807) is 6.20 Å². The lowest BCUT2D eigenvalue weighted by Gasteiger charge is -2.41. The van der Waals surface area contributed by atoms with Crippen LogP contribution in [0.3, 0.4) is 0 Å². The minimum Gasteiger partial charge on any atom is -0.396 e. The van der Waals surface area contributed by atoms with Gasteiger partial charge in [-0.1, -0.05) is 42.5 Å². The summed E-state index contributed by atoms with van der Waals surface area (Å²) in [7, 11) is 0. The molecule has 3 aromatic rings. The minimum absolute atomic E-state index is 0.245. The quantitative estimate of drug-likeness (QED) is 0.642. The van der Waals surface area contributed by atoms with Crippen molar-refractivity contribution in [2.24, 2.45) is 0 Å². The topological polar surface area (TPSA) is 44.5 Å². The number of hydrogen-bond donors (Lipinski definition) is 1. The molecule has 1 aliphatic rings. The van der Waals surface area contributed by atoms with Crippen LogP contribution in [0.15, 0.2) is 73.1 Å². The highest BCUT2D eigenvalue weighted by molar-refractivity contribution is 5.35. The van der Waals surface area contributed by atoms with Crippen LogP contribution in [-0.4, -0.2) is 63.5 Å². The molecule has 0 unspecified atom stereocenters. The molecule has 0 amide bonds. The summed E-state index contributed by atoms with van der Waals surface area (Å²) in [5.41, 5.74) is 3.78. The molecule has 4 rings (SSSR count). The molecule has 2 aromatic carbocycles. The molecule has 2 heterocycles. The van der Waals surface area contributed by atoms with Crippen molar-refractivity contribution in [1.82, 2.24) is 19.6 Å². The molecule has 5 heteroatoms. The van der Waals surface area contributed by atoms with Gasteiger partial charge in [-0.05, 0) is 42.2 Å². The summed E-state index contributed by atoms with van der Waals surface area (Å²) >= 11 is 0. The molecular weight excluding hydrogens is 360 g/mol. The van der Waals surface area contributed by atoms with E-state index in [0.717, 1.165) is 51.3 Å². The van der Waals surface area contributed by atoms with E-state index < -0.39 is 0 Å². The molecule has 5 nitrogen and oxygen atoms in total. The molecular formula is C24H30N4O. The smallest absolute Gasteiger partial charge is 0.0648 e. The van der Waals surface area contributed by atoms with Crippen molar-refractivity contribution in [1.29, 1.82) is 0 Å². The van der Waals surface area contributed by atoms with Gasteiger partial charge in [0.2, 0.25) is 0 Å². The number of aromatic nitrogens is 2. The normalized spacial score (nSPS) is 18.2. The Morgan fingerprint density at radius 3 is 2.62 bits per heavy atom. The lowest BCUT2D eigenvalue weighted by atomic mass is 10.1. The van der Waals surface area contributed by atoms with Crippen molar-refractivity contribution in [3.05, 3.63) is 84.2 Å². The molecule has 1 aromatic heterocycles. The fraction of sp³-hybridized carbons (Fsp3) is 0.375. The van der Waals surface area contributed by atoms with Gasteiger partial charge in [0.15, 0.2) is 0 Å². The summed E-state index contributed by atoms with van der Waals surface area (Å²) in [6, 6.07) is 21.6. The Morgan fingerprint density at radius 1 is 0.966 bits per heavy atom. The monoisotopic (exact) mass is 390 g/mol. The zero-order chi connectivity index (χ0) is 19.9. The fourth-order valence-electron chi connectivity index (χ4n) is 4.21. The maximum absolute atomic E-state index is 9.58. The molecule has 29 heavy (non-hydrogen) atoms. The predicted molar refractivity (Wildman–Crippen MR) is 116 cm³/mol. The summed E-state index contributed by atoms with van der Waals surface area (Å²) < 4.78 is 1.90. The Morgan fingerprint density at radius 2 is 1.83 bits per heavy atom. The summed E-state index contributed by atoms with van der Waals surface area (Å²) in [6.45, 7) is 5.34. The zero-order valence-corrected chi connectivity index (χ0v) is 16.9. The summed E-state index contributed by atoms with van der Waals surface area (Å²) in [5.74, 6) is 0. The molecule has 0 spiro atoms. The minimum atomic E-state index is 0.245. The highest BCUT2D eigenvalue weighted by Gasteiger charge is 2.26. The van der Waals surface area contributed by atoms with E-state index in [0.29, 0.717) is 6.04 Å². The Balaban J connectivity index is 1.36. The van der Waals surface area contributed by atoms with Gasteiger partial charge in [-0.2, -0.15) is 5.10 Å². The molecule has 0 aliphatic carbocycles. The van der Waals surface area contributed by atoms with E-state index in [4.69, 9.17) is 0 Å². The first-order chi connectivity index (χ1) is 14.3. The third-order valence-electron chi connectivity index (χ3n) is 5.77. The van der Waals surface area contributed by atoms with E-state index in [1.807, 2.05) is 16.9 Å². The SMILES string of the molecule is OCC[C@@H]1CN(Cc2cccc(-n3cccn3)c2)CCN1CCc1ccccc1. The van der Waals surface area contributed by atoms with Crippen LogP contribution >= 0.6 is 0 Å². The standard InChI is InChI=1S/C24H30N4O/c29-17-11-24-20-26(15-16-27(24)14-10-21-6-2-1-3-7-21)19-22-8-4-9-23(18-22)28-13-5-12-25-28/h1-9,12-13,18,24,29H,10-11,14-17,19-20H2/t24-/m1/s1. The molecule has 1 saturated heterocycles. The zero-order valence-electron chi connectivity index (χ0n) is 16.9. The average molecular weight is 391 g/mol. The Hall–Kier alpha value is -2.47. The Kier molecular flexibility index (Phi) is 6.72. The van der Waals surface area contributed by atoms with Gasteiger partial charge in [0.05, 0.1) is 5.69 Å². The highest BCUT2D eigenvalue weighted by atomic mass is 16.3. The largest absolute Gasteiger partial charge is 0.396 e. The molecule has 1 aliphatic heterocycles. The van der Waals surface area contributed by atoms with Crippen molar-refractivity contribution in [3.8, 4) is 5.69 Å². The second kappa shape index (κ2) is 9.83. The molecule has 0 radical (unpaired) electrons. The highest BCUT2D eigenvalue weighted by Crippen LogP contribution is 2.18. The second-order valence-electron chi connectivity index (χ2n) is 7.79. The molecule has 0 saturated carbocycles. The Bertz CT molecular complexity index is 866. The number of aliphatic hydroxyl groups excluding tert-OH is 1. The molecule has 0 bridgehead atoms. The number of nitrogens with zero attached hydrogens (tertiary/aromatic N) is 4. The van der Waals surface area contributed by atoms with Crippen molar-refractivity contribution >= 4 is 0 Å². The van der Waals surface area contributed by atoms with E-state index in [2.05, 4.69) is 69.5 Å². The van der Waals surface area contributed by atoms with E-state index >= 15 is 0 Å². The van der Waals surface area contributed by atoms with Gasteiger partial charge < -0.3 is 5.11 Å². The van der Waals surface area contributed by atoms with Crippen LogP contribution in [0, 0.1) is 0 Å². The van der Waals surface area contributed by atoms with Crippen LogP contribution in [0.4, 0.5) is 0 Å². The lowest BCUT2D eigenvalue weighted by Crippen LogP contribution is -2.53. The number of piperazine rings is 1. The number of aliphatic hydroxyl groups is 1. The fourth-order valence-corrected chi connectivity index (χ4v) is 4.21. The third kappa shape index (κ3) is 5.32. The van der Waals surface area contributed by atoms with E-state index in [1.165, 1.54) is 11.1 Å². The van der Waals surface area contributed by atoms with Gasteiger partial charge in [-0.15, -0.1) is 0 Å². The van der Waals surface area contributed by atoms with Crippen molar-refractivity contribution < 1.29 is 5.11 Å². The van der Waals surface area contributed by atoms with Crippen LogP contribution in [0.25, 0.3) is 5.69 Å².